The number of allylic oxidation sites excluding steroid dienone is 1. The average Bonchev–Trinajstić information content (AvgIpc) is 3.19. The molecule has 2 saturated carbocycles. The summed E-state index contributed by atoms with van der Waals surface area (Å²) in [5.74, 6) is 3.63. The van der Waals surface area contributed by atoms with Crippen LogP contribution >= 0.6 is 11.6 Å². The highest BCUT2D eigenvalue weighted by molar-refractivity contribution is 6.30. The second kappa shape index (κ2) is 6.73. The Morgan fingerprint density at radius 1 is 1.30 bits per heavy atom. The minimum Gasteiger partial charge on any atom is -0.334 e. The van der Waals surface area contributed by atoms with E-state index in [9.17, 15) is 4.91 Å². The zero-order chi connectivity index (χ0) is 19.3. The number of rotatable bonds is 3. The molecule has 4 rings (SSSR count). The fraction of sp³-hybridized carbons (Fsp3) is 0.619. The van der Waals surface area contributed by atoms with Gasteiger partial charge in [0.05, 0.1) is 22.8 Å². The maximum Gasteiger partial charge on any atom is 0.361 e. The smallest absolute Gasteiger partial charge is 0.334 e. The van der Waals surface area contributed by atoms with E-state index in [-0.39, 0.29) is 17.7 Å². The summed E-state index contributed by atoms with van der Waals surface area (Å²) < 4.78 is 6.38. The molecule has 1 aliphatic heterocycles. The lowest BCUT2D eigenvalue weighted by molar-refractivity contribution is -0.802. The molecule has 0 amide bonds. The molecule has 0 radical (unpaired) electrons. The number of hydrogen-bond donors (Lipinski definition) is 1. The van der Waals surface area contributed by atoms with Crippen molar-refractivity contribution in [2.45, 2.75) is 58.3 Å². The van der Waals surface area contributed by atoms with E-state index in [0.29, 0.717) is 39.5 Å². The molecule has 2 aliphatic carbocycles. The monoisotopic (exact) mass is 389 g/mol. The topological polar surface area (TPSA) is 62.4 Å². The predicted molar refractivity (Wildman–Crippen MR) is 103 cm³/mol. The van der Waals surface area contributed by atoms with Gasteiger partial charge in [0.25, 0.3) is 11.2 Å². The van der Waals surface area contributed by atoms with Crippen LogP contribution in [0.15, 0.2) is 30.0 Å². The van der Waals surface area contributed by atoms with Crippen molar-refractivity contribution < 1.29 is 14.5 Å². The van der Waals surface area contributed by atoms with Crippen LogP contribution in [0.25, 0.3) is 0 Å². The summed E-state index contributed by atoms with van der Waals surface area (Å²) in [5, 5.41) is 8.15. The first-order valence-corrected chi connectivity index (χ1v) is 10.0. The number of ether oxygens (including phenoxy) is 1. The molecule has 3 aliphatic rings. The molecule has 3 fully saturated rings. The van der Waals surface area contributed by atoms with Gasteiger partial charge < -0.3 is 4.74 Å². The largest absolute Gasteiger partial charge is 0.361 e. The van der Waals surface area contributed by atoms with E-state index in [1.165, 1.54) is 6.42 Å². The fourth-order valence-corrected chi connectivity index (χ4v) is 5.31. The molecule has 5 nitrogen and oxygen atoms in total. The van der Waals surface area contributed by atoms with Crippen LogP contribution in [0, 0.1) is 33.5 Å². The Hall–Kier alpha value is -1.68. The van der Waals surface area contributed by atoms with Crippen molar-refractivity contribution in [3.05, 3.63) is 45.5 Å². The van der Waals surface area contributed by atoms with Crippen molar-refractivity contribution in [3.63, 3.8) is 0 Å². The molecule has 6 heteroatoms. The molecule has 1 N–H and O–H groups in total. The second-order valence-electron chi connectivity index (χ2n) is 8.75. The maximum absolute atomic E-state index is 12.4. The first kappa shape index (κ1) is 18.7. The lowest BCUT2D eigenvalue weighted by Crippen LogP contribution is -2.40. The fourth-order valence-electron chi connectivity index (χ4n) is 5.19. The van der Waals surface area contributed by atoms with Gasteiger partial charge in [0.15, 0.2) is 0 Å². The quantitative estimate of drug-likeness (QED) is 0.733. The zero-order valence-electron chi connectivity index (χ0n) is 15.9. The third-order valence-electron chi connectivity index (χ3n) is 6.86. The molecule has 6 atom stereocenters. The number of benzene rings is 1. The highest BCUT2D eigenvalue weighted by atomic mass is 35.5. The molecular formula is C21H26ClN2O3+. The summed E-state index contributed by atoms with van der Waals surface area (Å²) in [6.07, 6.45) is 2.38. The molecule has 144 valence electrons. The van der Waals surface area contributed by atoms with Gasteiger partial charge in [-0.3, -0.25) is 5.41 Å². The molecule has 1 aromatic carbocycles. The van der Waals surface area contributed by atoms with E-state index < -0.39 is 6.29 Å². The van der Waals surface area contributed by atoms with Gasteiger partial charge in [-0.05, 0) is 53.7 Å². The van der Waals surface area contributed by atoms with Crippen molar-refractivity contribution in [1.82, 2.24) is 0 Å². The summed E-state index contributed by atoms with van der Waals surface area (Å²) in [6.45, 7) is 6.85. The first-order valence-electron chi connectivity index (χ1n) is 9.67. The van der Waals surface area contributed by atoms with Crippen molar-refractivity contribution in [1.29, 1.82) is 5.41 Å². The standard InChI is InChI=1S/C21H26ClN2O3/c1-12-4-9-16-19(21(16,2)3)20(12)26-18-10-15(17(11-23)24(25)27-18)13-5-7-14(22)8-6-13/h5-8,12,15-16,18-20,23H,4,9-10H2,1-3H3/q+1/t12-,15+,16+,18+,19+,20+/m0/s1. The van der Waals surface area contributed by atoms with Crippen molar-refractivity contribution in [3.8, 4) is 0 Å². The number of nitrogens with one attached hydrogen (secondary N) is 1. The number of fused-ring (bicyclic) bond motifs is 1. The van der Waals surface area contributed by atoms with E-state index in [0.717, 1.165) is 12.0 Å². The van der Waals surface area contributed by atoms with Gasteiger partial charge in [-0.15, -0.1) is 0 Å². The van der Waals surface area contributed by atoms with Crippen LogP contribution in [0.4, 0.5) is 0 Å². The Bertz CT molecular complexity index is 800. The van der Waals surface area contributed by atoms with Crippen LogP contribution in [0.1, 0.15) is 51.5 Å². The average molecular weight is 390 g/mol. The van der Waals surface area contributed by atoms with Gasteiger partial charge in [-0.25, -0.2) is 0 Å². The third-order valence-corrected chi connectivity index (χ3v) is 7.12. The van der Waals surface area contributed by atoms with Gasteiger partial charge in [0.1, 0.15) is 0 Å². The Balaban J connectivity index is 1.55. The molecule has 0 aromatic heterocycles. The maximum atomic E-state index is 12.4. The summed E-state index contributed by atoms with van der Waals surface area (Å²) >= 11 is 5.99. The minimum absolute atomic E-state index is 0.105. The molecular weight excluding hydrogens is 364 g/mol. The Morgan fingerprint density at radius 2 is 2.00 bits per heavy atom. The van der Waals surface area contributed by atoms with Crippen LogP contribution in [-0.4, -0.2) is 23.2 Å². The molecule has 1 heterocycles. The van der Waals surface area contributed by atoms with Crippen molar-refractivity contribution in [2.75, 3.05) is 0 Å². The molecule has 0 bridgehead atoms. The molecule has 0 unspecified atom stereocenters. The molecule has 0 spiro atoms. The van der Waals surface area contributed by atoms with E-state index in [4.69, 9.17) is 26.6 Å². The summed E-state index contributed by atoms with van der Waals surface area (Å²) in [4.78, 5) is 18.3. The lowest BCUT2D eigenvalue weighted by atomic mass is 9.87. The van der Waals surface area contributed by atoms with Gasteiger partial charge in [0.2, 0.25) is 0 Å². The normalized spacial score (nSPS) is 37.2. The van der Waals surface area contributed by atoms with Gasteiger partial charge >= 0.3 is 5.70 Å². The Kier molecular flexibility index (Phi) is 4.66. The number of hydrogen-bond acceptors (Lipinski definition) is 4. The Morgan fingerprint density at radius 3 is 2.67 bits per heavy atom. The SMILES string of the molecule is C[C@H]1CC[C@@H]2[C@H]([C@@H]1O[C@H]1C[C@H](c3ccc(Cl)cc3)C(=C=N)[N+](=O)O1)C2(C)C. The van der Waals surface area contributed by atoms with E-state index >= 15 is 0 Å². The van der Waals surface area contributed by atoms with Crippen molar-refractivity contribution >= 4 is 17.5 Å². The number of nitrogens with zero attached hydrogens (tertiary/aromatic N) is 1. The van der Waals surface area contributed by atoms with Crippen LogP contribution < -0.4 is 0 Å². The molecule has 1 saturated heterocycles. The molecule has 27 heavy (non-hydrogen) atoms. The summed E-state index contributed by atoms with van der Waals surface area (Å²) in [7, 11) is 0. The van der Waals surface area contributed by atoms with Crippen LogP contribution in [0.2, 0.25) is 5.02 Å². The lowest BCUT2D eigenvalue weighted by Gasteiger charge is -2.32. The summed E-state index contributed by atoms with van der Waals surface area (Å²) in [5.41, 5.74) is 1.38. The van der Waals surface area contributed by atoms with Crippen LogP contribution in [0.5, 0.6) is 0 Å². The highest BCUT2D eigenvalue weighted by Gasteiger charge is 2.64. The second-order valence-corrected chi connectivity index (χ2v) is 9.19. The minimum atomic E-state index is -0.622. The van der Waals surface area contributed by atoms with Crippen LogP contribution in [-0.2, 0) is 9.57 Å². The molecule has 1 aromatic rings. The van der Waals surface area contributed by atoms with Crippen molar-refractivity contribution in [2.24, 2.45) is 23.2 Å². The highest BCUT2D eigenvalue weighted by Crippen LogP contribution is 2.66. The summed E-state index contributed by atoms with van der Waals surface area (Å²) in [6, 6.07) is 7.34. The van der Waals surface area contributed by atoms with E-state index in [2.05, 4.69) is 26.6 Å². The van der Waals surface area contributed by atoms with Gasteiger partial charge in [-0.1, -0.05) is 44.5 Å². The van der Waals surface area contributed by atoms with E-state index in [1.807, 2.05) is 12.1 Å². The Labute approximate surface area is 164 Å². The van der Waals surface area contributed by atoms with Crippen LogP contribution in [0.3, 0.4) is 0 Å². The zero-order valence-corrected chi connectivity index (χ0v) is 16.7. The van der Waals surface area contributed by atoms with Gasteiger partial charge in [0, 0.05) is 11.4 Å². The van der Waals surface area contributed by atoms with Gasteiger partial charge in [-0.2, -0.15) is 4.84 Å². The predicted octanol–water partition coefficient (Wildman–Crippen LogP) is 5.08. The third kappa shape index (κ3) is 3.22. The number of halogens is 1. The first-order chi connectivity index (χ1) is 12.8. The van der Waals surface area contributed by atoms with E-state index in [1.54, 1.807) is 12.1 Å².